The first kappa shape index (κ1) is 16.1. The van der Waals surface area contributed by atoms with Gasteiger partial charge in [0.15, 0.2) is 11.5 Å². The van der Waals surface area contributed by atoms with Crippen molar-refractivity contribution in [2.45, 2.75) is 6.92 Å². The lowest BCUT2D eigenvalue weighted by molar-refractivity contribution is 0.0951. The van der Waals surface area contributed by atoms with Crippen molar-refractivity contribution in [2.75, 3.05) is 13.7 Å². The van der Waals surface area contributed by atoms with Gasteiger partial charge in [0.25, 0.3) is 5.91 Å². The second-order valence-electron chi connectivity index (χ2n) is 4.27. The first-order chi connectivity index (χ1) is 10.6. The number of nitrogens with zero attached hydrogens (tertiary/aromatic N) is 1. The van der Waals surface area contributed by atoms with E-state index >= 15 is 0 Å². The summed E-state index contributed by atoms with van der Waals surface area (Å²) >= 11 is 3.27. The van der Waals surface area contributed by atoms with Gasteiger partial charge >= 0.3 is 0 Å². The van der Waals surface area contributed by atoms with Crippen molar-refractivity contribution >= 4 is 28.1 Å². The molecule has 0 radical (unpaired) electrons. The Morgan fingerprint density at radius 1 is 1.41 bits per heavy atom. The fourth-order valence-corrected chi connectivity index (χ4v) is 2.11. The summed E-state index contributed by atoms with van der Waals surface area (Å²) in [6.45, 7) is 2.43. The van der Waals surface area contributed by atoms with Crippen molar-refractivity contribution in [3.05, 3.63) is 46.2 Å². The molecule has 0 unspecified atom stereocenters. The molecule has 0 saturated heterocycles. The van der Waals surface area contributed by atoms with Crippen LogP contribution in [0, 0.1) is 0 Å². The highest BCUT2D eigenvalue weighted by Gasteiger charge is 2.07. The van der Waals surface area contributed by atoms with Gasteiger partial charge in [0.05, 0.1) is 19.9 Å². The van der Waals surface area contributed by atoms with Gasteiger partial charge < -0.3 is 14.5 Å². The quantitative estimate of drug-likeness (QED) is 0.610. The minimum absolute atomic E-state index is 0.319. The number of halogens is 1. The molecule has 0 bridgehead atoms. The summed E-state index contributed by atoms with van der Waals surface area (Å²) in [7, 11) is 1.58. The minimum atomic E-state index is -0.319. The van der Waals surface area contributed by atoms with Crippen LogP contribution in [0.5, 0.6) is 11.5 Å². The van der Waals surface area contributed by atoms with Crippen LogP contribution >= 0.6 is 15.9 Å². The van der Waals surface area contributed by atoms with Gasteiger partial charge in [0, 0.05) is 10.7 Å². The SMILES string of the molecule is CCOc1cc(/C=N\NC(=O)c2cc(Br)c[nH]2)ccc1OC. The summed E-state index contributed by atoms with van der Waals surface area (Å²) in [5.41, 5.74) is 3.66. The minimum Gasteiger partial charge on any atom is -0.493 e. The van der Waals surface area contributed by atoms with E-state index in [1.807, 2.05) is 13.0 Å². The zero-order valence-electron chi connectivity index (χ0n) is 12.2. The first-order valence-corrected chi connectivity index (χ1v) is 7.41. The molecule has 0 aliphatic heterocycles. The molecule has 1 heterocycles. The molecule has 0 aliphatic carbocycles. The Bertz CT molecular complexity index is 682. The Balaban J connectivity index is 2.03. The number of hydrogen-bond acceptors (Lipinski definition) is 4. The molecule has 1 aromatic carbocycles. The smallest absolute Gasteiger partial charge is 0.287 e. The number of carbonyl (C=O) groups is 1. The highest BCUT2D eigenvalue weighted by atomic mass is 79.9. The van der Waals surface area contributed by atoms with Gasteiger partial charge in [-0.1, -0.05) is 0 Å². The molecule has 116 valence electrons. The average Bonchev–Trinajstić information content (AvgIpc) is 2.94. The summed E-state index contributed by atoms with van der Waals surface area (Å²) in [6, 6.07) is 7.08. The Morgan fingerprint density at radius 3 is 2.86 bits per heavy atom. The van der Waals surface area contributed by atoms with E-state index in [0.717, 1.165) is 10.0 Å². The summed E-state index contributed by atoms with van der Waals surface area (Å²) in [6.07, 6.45) is 3.22. The number of amides is 1. The molecule has 0 fully saturated rings. The van der Waals surface area contributed by atoms with Gasteiger partial charge in [-0.05, 0) is 52.7 Å². The van der Waals surface area contributed by atoms with Crippen LogP contribution in [-0.4, -0.2) is 30.8 Å². The van der Waals surface area contributed by atoms with Crippen molar-refractivity contribution in [2.24, 2.45) is 5.10 Å². The number of H-pyrrole nitrogens is 1. The number of aromatic nitrogens is 1. The third-order valence-corrected chi connectivity index (χ3v) is 3.22. The van der Waals surface area contributed by atoms with Gasteiger partial charge in [-0.2, -0.15) is 5.10 Å². The van der Waals surface area contributed by atoms with Crippen LogP contribution in [0.25, 0.3) is 0 Å². The molecule has 2 N–H and O–H groups in total. The number of aromatic amines is 1. The molecule has 0 atom stereocenters. The Kier molecular flexibility index (Phi) is 5.60. The van der Waals surface area contributed by atoms with Crippen molar-refractivity contribution in [3.8, 4) is 11.5 Å². The van der Waals surface area contributed by atoms with E-state index in [0.29, 0.717) is 23.8 Å². The number of methoxy groups -OCH3 is 1. The van der Waals surface area contributed by atoms with E-state index in [2.05, 4.69) is 31.4 Å². The van der Waals surface area contributed by atoms with E-state index in [4.69, 9.17) is 9.47 Å². The highest BCUT2D eigenvalue weighted by Crippen LogP contribution is 2.27. The second-order valence-corrected chi connectivity index (χ2v) is 5.19. The third kappa shape index (κ3) is 4.11. The number of rotatable bonds is 6. The Labute approximate surface area is 136 Å². The fourth-order valence-electron chi connectivity index (χ4n) is 1.77. The number of benzene rings is 1. The van der Waals surface area contributed by atoms with Gasteiger partial charge in [0.1, 0.15) is 5.69 Å². The normalized spacial score (nSPS) is 10.7. The molecule has 7 heteroatoms. The van der Waals surface area contributed by atoms with Gasteiger partial charge in [-0.25, -0.2) is 5.43 Å². The lowest BCUT2D eigenvalue weighted by Gasteiger charge is -2.09. The molecule has 6 nitrogen and oxygen atoms in total. The lowest BCUT2D eigenvalue weighted by Crippen LogP contribution is -2.17. The van der Waals surface area contributed by atoms with Crippen molar-refractivity contribution in [3.63, 3.8) is 0 Å². The number of ether oxygens (including phenoxy) is 2. The Hall–Kier alpha value is -2.28. The predicted octanol–water partition coefficient (Wildman–Crippen LogP) is 2.95. The number of nitrogens with one attached hydrogen (secondary N) is 2. The summed E-state index contributed by atoms with van der Waals surface area (Å²) < 4.78 is 11.5. The van der Waals surface area contributed by atoms with Crippen molar-refractivity contribution in [1.82, 2.24) is 10.4 Å². The van der Waals surface area contributed by atoms with E-state index in [9.17, 15) is 4.79 Å². The zero-order chi connectivity index (χ0) is 15.9. The summed E-state index contributed by atoms with van der Waals surface area (Å²) in [5, 5.41) is 3.93. The van der Waals surface area contributed by atoms with Crippen LogP contribution < -0.4 is 14.9 Å². The first-order valence-electron chi connectivity index (χ1n) is 6.62. The topological polar surface area (TPSA) is 75.7 Å². The van der Waals surface area contributed by atoms with Gasteiger partial charge in [0.2, 0.25) is 0 Å². The largest absolute Gasteiger partial charge is 0.493 e. The lowest BCUT2D eigenvalue weighted by atomic mass is 10.2. The van der Waals surface area contributed by atoms with Gasteiger partial charge in [-0.3, -0.25) is 4.79 Å². The molecule has 1 amide bonds. The molecule has 0 aliphatic rings. The molecule has 22 heavy (non-hydrogen) atoms. The van der Waals surface area contributed by atoms with Crippen molar-refractivity contribution in [1.29, 1.82) is 0 Å². The molecule has 0 spiro atoms. The molecule has 2 aromatic rings. The van der Waals surface area contributed by atoms with E-state index in [-0.39, 0.29) is 5.91 Å². The van der Waals surface area contributed by atoms with Crippen molar-refractivity contribution < 1.29 is 14.3 Å². The monoisotopic (exact) mass is 365 g/mol. The number of hydrogen-bond donors (Lipinski definition) is 2. The van der Waals surface area contributed by atoms with Crippen LogP contribution in [0.15, 0.2) is 40.0 Å². The zero-order valence-corrected chi connectivity index (χ0v) is 13.8. The predicted molar refractivity (Wildman–Crippen MR) is 87.7 cm³/mol. The van der Waals surface area contributed by atoms with Gasteiger partial charge in [-0.15, -0.1) is 0 Å². The van der Waals surface area contributed by atoms with Crippen LogP contribution in [0.1, 0.15) is 23.0 Å². The van der Waals surface area contributed by atoms with E-state index in [1.165, 1.54) is 6.21 Å². The average molecular weight is 366 g/mol. The maximum atomic E-state index is 11.8. The number of carbonyl (C=O) groups excluding carboxylic acids is 1. The van der Waals surface area contributed by atoms with Crippen LogP contribution in [0.2, 0.25) is 0 Å². The third-order valence-electron chi connectivity index (χ3n) is 2.76. The standard InChI is InChI=1S/C15H16BrN3O3/c1-3-22-14-6-10(4-5-13(14)21-2)8-18-19-15(20)12-7-11(16)9-17-12/h4-9,17H,3H2,1-2H3,(H,19,20)/b18-8-. The summed E-state index contributed by atoms with van der Waals surface area (Å²) in [5.74, 6) is 0.966. The molecule has 1 aromatic heterocycles. The second kappa shape index (κ2) is 7.65. The molecular formula is C15H16BrN3O3. The number of hydrazone groups is 1. The fraction of sp³-hybridized carbons (Fsp3) is 0.200. The highest BCUT2D eigenvalue weighted by molar-refractivity contribution is 9.10. The molecule has 0 saturated carbocycles. The van der Waals surface area contributed by atoms with Crippen LogP contribution in [0.3, 0.4) is 0 Å². The molecular weight excluding hydrogens is 350 g/mol. The van der Waals surface area contributed by atoms with Crippen LogP contribution in [0.4, 0.5) is 0 Å². The van der Waals surface area contributed by atoms with Crippen LogP contribution in [-0.2, 0) is 0 Å². The van der Waals surface area contributed by atoms with E-state index < -0.39 is 0 Å². The Morgan fingerprint density at radius 2 is 2.23 bits per heavy atom. The maximum Gasteiger partial charge on any atom is 0.287 e. The van der Waals surface area contributed by atoms with E-state index in [1.54, 1.807) is 31.5 Å². The maximum absolute atomic E-state index is 11.8. The molecule has 2 rings (SSSR count). The summed E-state index contributed by atoms with van der Waals surface area (Å²) in [4.78, 5) is 14.6.